The zero-order valence-corrected chi connectivity index (χ0v) is 9.07. The van der Waals surface area contributed by atoms with Crippen LogP contribution in [0.5, 0.6) is 0 Å². The van der Waals surface area contributed by atoms with Crippen molar-refractivity contribution in [2.75, 3.05) is 0 Å². The second kappa shape index (κ2) is 2.51. The Kier molecular flexibility index (Phi) is 1.86. The van der Waals surface area contributed by atoms with Crippen LogP contribution >= 0.6 is 22.2 Å². The molecule has 1 fully saturated rings. The largest absolute Gasteiger partial charge is 0.251 e. The van der Waals surface area contributed by atoms with E-state index in [9.17, 15) is 0 Å². The van der Waals surface area contributed by atoms with Crippen LogP contribution in [0.1, 0.15) is 12.8 Å². The standard InChI is InChI=1S/C8H12Cl2Si/c1-11(9,10)8-5-6-2-3-7(8)4-6/h2-3,6-8H,4-5H2,1H3. The van der Waals surface area contributed by atoms with Crippen LogP contribution in [-0.2, 0) is 0 Å². The van der Waals surface area contributed by atoms with Crippen LogP contribution in [-0.4, -0.2) is 6.69 Å². The van der Waals surface area contributed by atoms with Crippen molar-refractivity contribution in [2.45, 2.75) is 24.9 Å². The summed E-state index contributed by atoms with van der Waals surface area (Å²) < 4.78 is 0. The number of hydrogen-bond donors (Lipinski definition) is 0. The topological polar surface area (TPSA) is 0 Å². The van der Waals surface area contributed by atoms with E-state index in [4.69, 9.17) is 22.2 Å². The molecule has 0 aliphatic heterocycles. The third-order valence-electron chi connectivity index (χ3n) is 2.93. The van der Waals surface area contributed by atoms with Crippen LogP contribution in [0.25, 0.3) is 0 Å². The summed E-state index contributed by atoms with van der Waals surface area (Å²) in [6, 6.07) is 0. The number of fused-ring (bicyclic) bond motifs is 2. The van der Waals surface area contributed by atoms with Gasteiger partial charge in [0.15, 0.2) is 0 Å². The van der Waals surface area contributed by atoms with Crippen LogP contribution in [0.2, 0.25) is 12.1 Å². The van der Waals surface area contributed by atoms with Gasteiger partial charge in [0.05, 0.1) is 0 Å². The molecule has 0 aromatic rings. The maximum Gasteiger partial charge on any atom is 0.251 e. The minimum Gasteiger partial charge on any atom is -0.146 e. The van der Waals surface area contributed by atoms with E-state index in [2.05, 4.69) is 18.7 Å². The highest BCUT2D eigenvalue weighted by Gasteiger charge is 2.46. The van der Waals surface area contributed by atoms with Crippen LogP contribution in [0.4, 0.5) is 0 Å². The Balaban J connectivity index is 2.15. The molecule has 2 rings (SSSR count). The molecule has 0 aromatic heterocycles. The van der Waals surface area contributed by atoms with E-state index in [0.717, 1.165) is 5.92 Å². The average molecular weight is 207 g/mol. The summed E-state index contributed by atoms with van der Waals surface area (Å²) in [5, 5.41) is 0. The fourth-order valence-electron chi connectivity index (χ4n) is 2.36. The first-order valence-electron chi connectivity index (χ1n) is 4.13. The van der Waals surface area contributed by atoms with Crippen LogP contribution in [0.15, 0.2) is 12.2 Å². The first kappa shape index (κ1) is 8.15. The quantitative estimate of drug-likeness (QED) is 0.350. The lowest BCUT2D eigenvalue weighted by Gasteiger charge is -2.25. The molecule has 0 N–H and O–H groups in total. The van der Waals surface area contributed by atoms with Crippen LogP contribution < -0.4 is 0 Å². The molecule has 0 spiro atoms. The lowest BCUT2D eigenvalue weighted by molar-refractivity contribution is 0.686. The molecule has 0 amide bonds. The predicted molar refractivity (Wildman–Crippen MR) is 52.4 cm³/mol. The smallest absolute Gasteiger partial charge is 0.146 e. The SMILES string of the molecule is C[Si](Cl)(Cl)C1CC2C=CC1C2. The maximum atomic E-state index is 6.20. The first-order chi connectivity index (χ1) is 5.07. The summed E-state index contributed by atoms with van der Waals surface area (Å²) in [4.78, 5) is 0. The molecule has 3 heteroatoms. The van der Waals surface area contributed by atoms with E-state index in [0.29, 0.717) is 11.5 Å². The second-order valence-electron chi connectivity index (χ2n) is 3.84. The Hall–Kier alpha value is 0.537. The number of hydrogen-bond acceptors (Lipinski definition) is 0. The van der Waals surface area contributed by atoms with E-state index in [1.54, 1.807) is 0 Å². The summed E-state index contributed by atoms with van der Waals surface area (Å²) in [7, 11) is 0. The predicted octanol–water partition coefficient (Wildman–Crippen LogP) is 3.50. The van der Waals surface area contributed by atoms with Crippen molar-refractivity contribution in [2.24, 2.45) is 11.8 Å². The minimum absolute atomic E-state index is 0.626. The fraction of sp³-hybridized carbons (Fsp3) is 0.750. The summed E-state index contributed by atoms with van der Waals surface area (Å²) in [5.74, 6) is 1.51. The van der Waals surface area contributed by atoms with Gasteiger partial charge in [-0.25, -0.2) is 0 Å². The Bertz CT molecular complexity index is 195. The summed E-state index contributed by atoms with van der Waals surface area (Å²) in [6.45, 7) is 0.166. The highest BCUT2D eigenvalue weighted by Crippen LogP contribution is 2.53. The van der Waals surface area contributed by atoms with E-state index < -0.39 is 6.69 Å². The number of allylic oxidation sites excluding steroid dienone is 2. The van der Waals surface area contributed by atoms with Gasteiger partial charge in [-0.2, -0.15) is 0 Å². The zero-order chi connectivity index (χ0) is 8.06. The van der Waals surface area contributed by atoms with Crippen molar-refractivity contribution in [3.8, 4) is 0 Å². The van der Waals surface area contributed by atoms with Gasteiger partial charge in [-0.15, -0.1) is 22.2 Å². The maximum absolute atomic E-state index is 6.20. The van der Waals surface area contributed by atoms with Crippen molar-refractivity contribution in [3.05, 3.63) is 12.2 Å². The molecule has 3 unspecified atom stereocenters. The zero-order valence-electron chi connectivity index (χ0n) is 6.56. The molecule has 2 aliphatic carbocycles. The molecule has 3 atom stereocenters. The van der Waals surface area contributed by atoms with Gasteiger partial charge in [0.2, 0.25) is 0 Å². The lowest BCUT2D eigenvalue weighted by Crippen LogP contribution is -2.25. The molecule has 0 nitrogen and oxygen atoms in total. The molecule has 0 heterocycles. The molecule has 11 heavy (non-hydrogen) atoms. The van der Waals surface area contributed by atoms with Gasteiger partial charge < -0.3 is 0 Å². The average Bonchev–Trinajstić information content (AvgIpc) is 2.42. The number of rotatable bonds is 1. The molecule has 62 valence electrons. The van der Waals surface area contributed by atoms with Crippen molar-refractivity contribution < 1.29 is 0 Å². The van der Waals surface area contributed by atoms with E-state index in [1.807, 2.05) is 0 Å². The van der Waals surface area contributed by atoms with E-state index in [-0.39, 0.29) is 0 Å². The van der Waals surface area contributed by atoms with Gasteiger partial charge in [-0.3, -0.25) is 0 Å². The van der Waals surface area contributed by atoms with Crippen LogP contribution in [0.3, 0.4) is 0 Å². The highest BCUT2D eigenvalue weighted by atomic mass is 35.7. The molecule has 2 bridgehead atoms. The summed E-state index contributed by atoms with van der Waals surface area (Å²) >= 11 is 12.4. The monoisotopic (exact) mass is 206 g/mol. The third kappa shape index (κ3) is 1.39. The summed E-state index contributed by atoms with van der Waals surface area (Å²) in [6.07, 6.45) is 7.20. The first-order valence-corrected chi connectivity index (χ1v) is 8.73. The lowest BCUT2D eigenvalue weighted by atomic mass is 10.1. The van der Waals surface area contributed by atoms with Gasteiger partial charge in [0.1, 0.15) is 0 Å². The normalized spacial score (nSPS) is 41.9. The Morgan fingerprint density at radius 2 is 2.00 bits per heavy atom. The van der Waals surface area contributed by atoms with E-state index in [1.165, 1.54) is 12.8 Å². The van der Waals surface area contributed by atoms with E-state index >= 15 is 0 Å². The third-order valence-corrected chi connectivity index (χ3v) is 6.58. The van der Waals surface area contributed by atoms with Gasteiger partial charge in [-0.05, 0) is 36.8 Å². The molecule has 0 saturated heterocycles. The Morgan fingerprint density at radius 1 is 1.27 bits per heavy atom. The highest BCUT2D eigenvalue weighted by molar-refractivity contribution is 7.45. The molecule has 1 saturated carbocycles. The molecular formula is C8H12Cl2Si. The van der Waals surface area contributed by atoms with Crippen molar-refractivity contribution in [1.82, 2.24) is 0 Å². The number of halogens is 2. The van der Waals surface area contributed by atoms with Gasteiger partial charge in [-0.1, -0.05) is 12.2 Å². The van der Waals surface area contributed by atoms with Gasteiger partial charge in [0.25, 0.3) is 6.69 Å². The Labute approximate surface area is 78.0 Å². The van der Waals surface area contributed by atoms with Gasteiger partial charge >= 0.3 is 0 Å². The van der Waals surface area contributed by atoms with Crippen LogP contribution in [0, 0.1) is 11.8 Å². The van der Waals surface area contributed by atoms with Crippen molar-refractivity contribution in [1.29, 1.82) is 0 Å². The minimum atomic E-state index is -1.88. The molecule has 2 aliphatic rings. The van der Waals surface area contributed by atoms with Crippen molar-refractivity contribution in [3.63, 3.8) is 0 Å². The Morgan fingerprint density at radius 3 is 2.27 bits per heavy atom. The summed E-state index contributed by atoms with van der Waals surface area (Å²) in [5.41, 5.74) is 0.626. The molecular weight excluding hydrogens is 195 g/mol. The molecule has 0 aromatic carbocycles. The fourth-order valence-corrected chi connectivity index (χ4v) is 5.58. The van der Waals surface area contributed by atoms with Crippen molar-refractivity contribution >= 4 is 28.9 Å². The molecule has 0 radical (unpaired) electrons. The second-order valence-corrected chi connectivity index (χ2v) is 11.8. The van der Waals surface area contributed by atoms with Gasteiger partial charge in [0, 0.05) is 0 Å².